The van der Waals surface area contributed by atoms with Gasteiger partial charge in [-0.2, -0.15) is 0 Å². The molecule has 0 unspecified atom stereocenters. The van der Waals surface area contributed by atoms with Gasteiger partial charge in [0.2, 0.25) is 0 Å². The number of aromatic nitrogens is 1. The van der Waals surface area contributed by atoms with Gasteiger partial charge in [0, 0.05) is 16.6 Å². The van der Waals surface area contributed by atoms with Crippen molar-refractivity contribution in [2.45, 2.75) is 53.9 Å². The Balaban J connectivity index is 0.000000313. The molecule has 0 saturated heterocycles. The first-order valence-corrected chi connectivity index (χ1v) is 12.1. The van der Waals surface area contributed by atoms with Crippen LogP contribution in [-0.4, -0.2) is 17.8 Å². The van der Waals surface area contributed by atoms with Crippen molar-refractivity contribution in [1.82, 2.24) is 4.98 Å². The smallest absolute Gasteiger partial charge is 0.159 e. The fraction of sp³-hybridized carbons (Fsp3) is 0.290. The van der Waals surface area contributed by atoms with Crippen molar-refractivity contribution in [2.75, 3.05) is 7.05 Å². The highest BCUT2D eigenvalue weighted by atomic mass is 16.1. The van der Waals surface area contributed by atoms with Gasteiger partial charge >= 0.3 is 0 Å². The Kier molecular flexibility index (Phi) is 13.8. The predicted molar refractivity (Wildman–Crippen MR) is 148 cm³/mol. The van der Waals surface area contributed by atoms with Crippen LogP contribution in [0.15, 0.2) is 84.9 Å². The lowest BCUT2D eigenvalue weighted by molar-refractivity contribution is 0.101. The third-order valence-corrected chi connectivity index (χ3v) is 5.09. The van der Waals surface area contributed by atoms with E-state index in [1.807, 2.05) is 51.1 Å². The van der Waals surface area contributed by atoms with Gasteiger partial charge in [-0.25, -0.2) is 0 Å². The molecule has 4 aromatic rings. The molecule has 0 fully saturated rings. The number of hydrogen-bond donors (Lipinski definition) is 1. The Bertz CT molecular complexity index is 1080. The van der Waals surface area contributed by atoms with E-state index in [0.29, 0.717) is 0 Å². The zero-order valence-electron chi connectivity index (χ0n) is 21.6. The molecule has 0 radical (unpaired) electrons. The van der Waals surface area contributed by atoms with Crippen molar-refractivity contribution in [3.8, 4) is 0 Å². The largest absolute Gasteiger partial charge is 0.333 e. The number of fused-ring (bicyclic) bond motifs is 1. The molecular weight excluding hydrogens is 416 g/mol. The highest BCUT2D eigenvalue weighted by Crippen LogP contribution is 2.14. The summed E-state index contributed by atoms with van der Waals surface area (Å²) in [6.45, 7) is 9.72. The van der Waals surface area contributed by atoms with Gasteiger partial charge in [0.05, 0.1) is 5.52 Å². The molecule has 4 rings (SSSR count). The summed E-state index contributed by atoms with van der Waals surface area (Å²) in [4.78, 5) is 15.7. The maximum Gasteiger partial charge on any atom is 0.159 e. The van der Waals surface area contributed by atoms with Crippen LogP contribution in [0, 0.1) is 13.8 Å². The Morgan fingerprint density at radius 1 is 0.765 bits per heavy atom. The van der Waals surface area contributed by atoms with Crippen molar-refractivity contribution >= 4 is 16.7 Å². The molecule has 1 heterocycles. The first-order valence-electron chi connectivity index (χ1n) is 12.1. The highest BCUT2D eigenvalue weighted by Gasteiger charge is 2.01. The fourth-order valence-electron chi connectivity index (χ4n) is 3.43. The number of pyridine rings is 1. The van der Waals surface area contributed by atoms with Crippen molar-refractivity contribution in [3.05, 3.63) is 113 Å². The van der Waals surface area contributed by atoms with Gasteiger partial charge in [0.1, 0.15) is 0 Å². The van der Waals surface area contributed by atoms with Crippen molar-refractivity contribution in [2.24, 2.45) is 5.73 Å². The van der Waals surface area contributed by atoms with E-state index < -0.39 is 0 Å². The monoisotopic (exact) mass is 456 g/mol. The standard InChI is InChI=1S/C17H18O.C11H11N.C2H6.CH5N/c1-14(18)17-12-6-11-16(13-17)10-5-9-15-7-3-2-4-8-15;1-8-3-6-11-10(7-8)5-4-9(2)12-11;2*1-2/h2-4,6-8,11-13H,5,9-10H2,1H3;3-7H,1-2H3;1-2H3;2H2,1H3. The molecule has 3 heteroatoms. The number of carbonyl (C=O) groups is 1. The zero-order valence-corrected chi connectivity index (χ0v) is 21.6. The molecule has 0 bridgehead atoms. The van der Waals surface area contributed by atoms with Crippen LogP contribution in [0.4, 0.5) is 0 Å². The van der Waals surface area contributed by atoms with E-state index in [1.54, 1.807) is 6.92 Å². The summed E-state index contributed by atoms with van der Waals surface area (Å²) in [6, 6.07) is 28.9. The molecular formula is C31H40N2O. The third-order valence-electron chi connectivity index (χ3n) is 5.09. The van der Waals surface area contributed by atoms with E-state index in [1.165, 1.54) is 29.1 Å². The molecule has 180 valence electrons. The number of rotatable bonds is 5. The molecule has 2 N–H and O–H groups in total. The normalized spacial score (nSPS) is 9.50. The second-order valence-corrected chi connectivity index (χ2v) is 7.74. The lowest BCUT2D eigenvalue weighted by Crippen LogP contribution is -1.95. The van der Waals surface area contributed by atoms with Crippen LogP contribution in [0.3, 0.4) is 0 Å². The average molecular weight is 457 g/mol. The number of carbonyl (C=O) groups excluding carboxylic acids is 1. The van der Waals surface area contributed by atoms with Gasteiger partial charge in [-0.05, 0) is 82.5 Å². The summed E-state index contributed by atoms with van der Waals surface area (Å²) in [5.41, 5.74) is 11.4. The Morgan fingerprint density at radius 3 is 2.09 bits per heavy atom. The van der Waals surface area contributed by atoms with Gasteiger partial charge in [-0.15, -0.1) is 0 Å². The van der Waals surface area contributed by atoms with Gasteiger partial charge in [-0.3, -0.25) is 9.78 Å². The molecule has 0 saturated carbocycles. The Labute approximate surface area is 206 Å². The predicted octanol–water partition coefficient (Wildman–Crippen LogP) is 7.52. The summed E-state index contributed by atoms with van der Waals surface area (Å²) < 4.78 is 0. The zero-order chi connectivity index (χ0) is 25.3. The van der Waals surface area contributed by atoms with Gasteiger partial charge in [0.15, 0.2) is 5.78 Å². The summed E-state index contributed by atoms with van der Waals surface area (Å²) in [6.07, 6.45) is 3.23. The van der Waals surface area contributed by atoms with Crippen molar-refractivity contribution < 1.29 is 4.79 Å². The molecule has 1 aromatic heterocycles. The maximum absolute atomic E-state index is 11.3. The van der Waals surface area contributed by atoms with Gasteiger partial charge < -0.3 is 5.73 Å². The minimum atomic E-state index is 0.139. The van der Waals surface area contributed by atoms with Crippen LogP contribution < -0.4 is 5.73 Å². The summed E-state index contributed by atoms with van der Waals surface area (Å²) in [7, 11) is 1.50. The third kappa shape index (κ3) is 10.1. The highest BCUT2D eigenvalue weighted by molar-refractivity contribution is 5.94. The Hall–Kier alpha value is -3.30. The van der Waals surface area contributed by atoms with E-state index in [9.17, 15) is 4.79 Å². The SMILES string of the molecule is CC.CC(=O)c1cccc(CCCc2ccccc2)c1.CN.Cc1ccc2nc(C)ccc2c1. The topological polar surface area (TPSA) is 56.0 Å². The lowest BCUT2D eigenvalue weighted by atomic mass is 10.0. The quantitative estimate of drug-likeness (QED) is 0.316. The number of nitrogens with two attached hydrogens (primary N) is 1. The lowest BCUT2D eigenvalue weighted by Gasteiger charge is -2.04. The number of nitrogens with zero attached hydrogens (tertiary/aromatic N) is 1. The number of hydrogen-bond acceptors (Lipinski definition) is 3. The minimum Gasteiger partial charge on any atom is -0.333 e. The van der Waals surface area contributed by atoms with E-state index >= 15 is 0 Å². The van der Waals surface area contributed by atoms with Crippen LogP contribution in [0.2, 0.25) is 0 Å². The molecule has 34 heavy (non-hydrogen) atoms. The number of benzene rings is 3. The summed E-state index contributed by atoms with van der Waals surface area (Å²) in [5.74, 6) is 0.139. The number of ketones is 1. The Morgan fingerprint density at radius 2 is 1.41 bits per heavy atom. The maximum atomic E-state index is 11.3. The minimum absolute atomic E-state index is 0.139. The van der Waals surface area contributed by atoms with Gasteiger partial charge in [-0.1, -0.05) is 80.1 Å². The molecule has 0 aliphatic heterocycles. The molecule has 0 amide bonds. The van der Waals surface area contributed by atoms with Gasteiger partial charge in [0.25, 0.3) is 0 Å². The fourth-order valence-corrected chi connectivity index (χ4v) is 3.43. The summed E-state index contributed by atoms with van der Waals surface area (Å²) >= 11 is 0. The second-order valence-electron chi connectivity index (χ2n) is 7.74. The van der Waals surface area contributed by atoms with Crippen LogP contribution >= 0.6 is 0 Å². The molecule has 0 atom stereocenters. The summed E-state index contributed by atoms with van der Waals surface area (Å²) in [5, 5.41) is 1.22. The van der Waals surface area contributed by atoms with E-state index in [-0.39, 0.29) is 5.78 Å². The van der Waals surface area contributed by atoms with Crippen LogP contribution in [0.25, 0.3) is 10.9 Å². The van der Waals surface area contributed by atoms with Crippen LogP contribution in [-0.2, 0) is 12.8 Å². The molecule has 3 nitrogen and oxygen atoms in total. The van der Waals surface area contributed by atoms with E-state index in [4.69, 9.17) is 0 Å². The van der Waals surface area contributed by atoms with Crippen molar-refractivity contribution in [1.29, 1.82) is 0 Å². The molecule has 0 aliphatic carbocycles. The first-order chi connectivity index (χ1) is 16.5. The van der Waals surface area contributed by atoms with Crippen molar-refractivity contribution in [3.63, 3.8) is 0 Å². The number of Topliss-reactive ketones (excluding diaryl/α,β-unsaturated/α-hetero) is 1. The van der Waals surface area contributed by atoms with Crippen LogP contribution in [0.5, 0.6) is 0 Å². The number of aryl methyl sites for hydroxylation is 4. The van der Waals surface area contributed by atoms with E-state index in [2.05, 4.69) is 72.2 Å². The second kappa shape index (κ2) is 16.3. The molecule has 3 aromatic carbocycles. The van der Waals surface area contributed by atoms with Crippen LogP contribution in [0.1, 0.15) is 59.9 Å². The molecule has 0 spiro atoms. The average Bonchev–Trinajstić information content (AvgIpc) is 2.88. The first kappa shape index (κ1) is 28.7. The van der Waals surface area contributed by atoms with E-state index in [0.717, 1.165) is 36.0 Å². The molecule has 0 aliphatic rings.